The monoisotopic (exact) mass is 577 g/mol. The lowest BCUT2D eigenvalue weighted by atomic mass is 9.80. The fourth-order valence-corrected chi connectivity index (χ4v) is 6.70. The van der Waals surface area contributed by atoms with Crippen LogP contribution in [0, 0.1) is 12.3 Å². The van der Waals surface area contributed by atoms with E-state index in [9.17, 15) is 27.9 Å². The molecule has 0 aliphatic heterocycles. The number of carbonyl (C=O) groups excluding carboxylic acids is 2. The smallest absolute Gasteiger partial charge is 0.326 e. The fourth-order valence-electron chi connectivity index (χ4n) is 5.00. The van der Waals surface area contributed by atoms with E-state index in [1.54, 1.807) is 24.3 Å². The van der Waals surface area contributed by atoms with Gasteiger partial charge in [0.1, 0.15) is 20.8 Å². The molecular weight excluding hydrogens is 538 g/mol. The summed E-state index contributed by atoms with van der Waals surface area (Å²) in [6, 6.07) is 5.82. The quantitative estimate of drug-likeness (QED) is 0.293. The van der Waals surface area contributed by atoms with Crippen molar-refractivity contribution in [2.45, 2.75) is 84.1 Å². The molecule has 2 aromatic rings. The molecule has 3 N–H and O–H groups in total. The van der Waals surface area contributed by atoms with Crippen molar-refractivity contribution in [1.82, 2.24) is 10.3 Å². The number of amides is 2. The van der Waals surface area contributed by atoms with Crippen LogP contribution in [-0.4, -0.2) is 54.3 Å². The first kappa shape index (κ1) is 30.7. The summed E-state index contributed by atoms with van der Waals surface area (Å²) in [5, 5.41) is 16.4. The lowest BCUT2D eigenvalue weighted by molar-refractivity contribution is -0.144. The van der Waals surface area contributed by atoms with Crippen LogP contribution in [0.4, 0.5) is 5.69 Å². The van der Waals surface area contributed by atoms with Crippen molar-refractivity contribution in [3.05, 3.63) is 45.4 Å². The number of sulfone groups is 1. The van der Waals surface area contributed by atoms with Gasteiger partial charge in [0.15, 0.2) is 0 Å². The predicted molar refractivity (Wildman–Crippen MR) is 153 cm³/mol. The zero-order valence-electron chi connectivity index (χ0n) is 23.1. The topological polar surface area (TPSA) is 143 Å². The molecule has 2 amide bonds. The number of carbonyl (C=O) groups is 3. The van der Waals surface area contributed by atoms with Gasteiger partial charge in [-0.3, -0.25) is 9.59 Å². The minimum absolute atomic E-state index is 0.0850. The SMILES string of the molecule is Cc1nc(C(C)C)sc1C(=O)Nc1ccc(C[C@H](NC(=O)C2(CCCCS(C)(=O)=O)CCCC2)C(=O)O)cc1. The molecular formula is C28H39N3O6S2. The number of aromatic nitrogens is 1. The molecule has 1 atom stereocenters. The largest absolute Gasteiger partial charge is 0.480 e. The van der Waals surface area contributed by atoms with Crippen molar-refractivity contribution in [2.75, 3.05) is 17.3 Å². The van der Waals surface area contributed by atoms with E-state index < -0.39 is 27.3 Å². The molecule has 11 heteroatoms. The third-order valence-corrected chi connectivity index (χ3v) is 9.72. The molecule has 3 rings (SSSR count). The molecule has 214 valence electrons. The zero-order chi connectivity index (χ0) is 28.8. The first-order chi connectivity index (χ1) is 18.3. The number of carboxylic acid groups (broad SMARTS) is 1. The molecule has 0 bridgehead atoms. The van der Waals surface area contributed by atoms with Gasteiger partial charge >= 0.3 is 5.97 Å². The lowest BCUT2D eigenvalue weighted by Crippen LogP contribution is -2.48. The van der Waals surface area contributed by atoms with E-state index in [0.29, 0.717) is 53.9 Å². The van der Waals surface area contributed by atoms with Gasteiger partial charge in [0.25, 0.3) is 5.91 Å². The molecule has 1 heterocycles. The summed E-state index contributed by atoms with van der Waals surface area (Å²) >= 11 is 1.38. The van der Waals surface area contributed by atoms with Gasteiger partial charge in [0.2, 0.25) is 5.91 Å². The first-order valence-electron chi connectivity index (χ1n) is 13.4. The van der Waals surface area contributed by atoms with E-state index in [1.807, 2.05) is 20.8 Å². The summed E-state index contributed by atoms with van der Waals surface area (Å²) < 4.78 is 22.9. The number of benzene rings is 1. The third-order valence-electron chi connectivity index (χ3n) is 7.23. The lowest BCUT2D eigenvalue weighted by Gasteiger charge is -2.29. The van der Waals surface area contributed by atoms with Gasteiger partial charge < -0.3 is 15.7 Å². The molecule has 1 aromatic carbocycles. The highest BCUT2D eigenvalue weighted by Crippen LogP contribution is 2.42. The van der Waals surface area contributed by atoms with Crippen molar-refractivity contribution < 1.29 is 27.9 Å². The number of rotatable bonds is 13. The second-order valence-corrected chi connectivity index (χ2v) is 14.2. The van der Waals surface area contributed by atoms with Crippen LogP contribution in [0.15, 0.2) is 24.3 Å². The molecule has 1 aromatic heterocycles. The third kappa shape index (κ3) is 8.60. The molecule has 1 aliphatic carbocycles. The van der Waals surface area contributed by atoms with Crippen LogP contribution in [0.1, 0.15) is 90.6 Å². The number of aliphatic carboxylic acids is 1. The number of aryl methyl sites for hydroxylation is 1. The minimum Gasteiger partial charge on any atom is -0.480 e. The van der Waals surface area contributed by atoms with Crippen molar-refractivity contribution >= 4 is 44.6 Å². The minimum atomic E-state index is -3.06. The maximum Gasteiger partial charge on any atom is 0.326 e. The van der Waals surface area contributed by atoms with Crippen molar-refractivity contribution in [3.63, 3.8) is 0 Å². The number of nitrogens with zero attached hydrogens (tertiary/aromatic N) is 1. The Kier molecular flexibility index (Phi) is 10.3. The van der Waals surface area contributed by atoms with E-state index in [2.05, 4.69) is 15.6 Å². The highest BCUT2D eigenvalue weighted by atomic mass is 32.2. The number of nitrogens with one attached hydrogen (secondary N) is 2. The van der Waals surface area contributed by atoms with Gasteiger partial charge in [-0.15, -0.1) is 11.3 Å². The Labute approximate surface area is 234 Å². The second kappa shape index (κ2) is 13.0. The average molecular weight is 578 g/mol. The number of carboxylic acids is 1. The van der Waals surface area contributed by atoms with Gasteiger partial charge in [-0.25, -0.2) is 18.2 Å². The van der Waals surface area contributed by atoms with Gasteiger partial charge in [0.05, 0.1) is 10.7 Å². The van der Waals surface area contributed by atoms with Crippen LogP contribution in [0.5, 0.6) is 0 Å². The van der Waals surface area contributed by atoms with E-state index in [4.69, 9.17) is 0 Å². The van der Waals surface area contributed by atoms with Crippen molar-refractivity contribution in [1.29, 1.82) is 0 Å². The summed E-state index contributed by atoms with van der Waals surface area (Å²) in [6.45, 7) is 5.87. The summed E-state index contributed by atoms with van der Waals surface area (Å²) in [5.74, 6) is -1.30. The first-order valence-corrected chi connectivity index (χ1v) is 16.3. The normalized spacial score (nSPS) is 15.7. The summed E-state index contributed by atoms with van der Waals surface area (Å²) in [4.78, 5) is 43.1. The van der Waals surface area contributed by atoms with Crippen LogP contribution >= 0.6 is 11.3 Å². The Bertz CT molecular complexity index is 1280. The van der Waals surface area contributed by atoms with E-state index >= 15 is 0 Å². The highest BCUT2D eigenvalue weighted by Gasteiger charge is 2.41. The number of hydrogen-bond donors (Lipinski definition) is 3. The average Bonchev–Trinajstić information content (AvgIpc) is 3.49. The van der Waals surface area contributed by atoms with Crippen LogP contribution in [0.2, 0.25) is 0 Å². The Morgan fingerprint density at radius 3 is 2.28 bits per heavy atom. The van der Waals surface area contributed by atoms with Gasteiger partial charge in [-0.1, -0.05) is 45.2 Å². The summed E-state index contributed by atoms with van der Waals surface area (Å²) in [6.07, 6.45) is 6.08. The van der Waals surface area contributed by atoms with E-state index in [-0.39, 0.29) is 29.9 Å². The van der Waals surface area contributed by atoms with Crippen molar-refractivity contribution in [2.24, 2.45) is 5.41 Å². The summed E-state index contributed by atoms with van der Waals surface area (Å²) in [5.41, 5.74) is 1.33. The molecule has 0 radical (unpaired) electrons. The van der Waals surface area contributed by atoms with Crippen LogP contribution in [-0.2, 0) is 25.8 Å². The fraction of sp³-hybridized carbons (Fsp3) is 0.571. The Balaban J connectivity index is 1.61. The highest BCUT2D eigenvalue weighted by molar-refractivity contribution is 7.90. The van der Waals surface area contributed by atoms with E-state index in [1.165, 1.54) is 17.6 Å². The number of hydrogen-bond acceptors (Lipinski definition) is 7. The van der Waals surface area contributed by atoms with E-state index in [0.717, 1.165) is 17.8 Å². The molecule has 39 heavy (non-hydrogen) atoms. The van der Waals surface area contributed by atoms with Gasteiger partial charge in [0, 0.05) is 35.4 Å². The van der Waals surface area contributed by atoms with Crippen molar-refractivity contribution in [3.8, 4) is 0 Å². The number of anilines is 1. The molecule has 1 aliphatic rings. The molecule has 0 saturated heterocycles. The standard InChI is InChI=1S/C28H39N3O6S2/c1-18(2)25-29-19(3)23(38-25)24(32)30-21-11-9-20(10-12-21)17-22(26(33)34)31-27(35)28(13-5-6-14-28)15-7-8-16-39(4,36)37/h9-12,18,22H,5-8,13-17H2,1-4H3,(H,30,32)(H,31,35)(H,33,34)/t22-/m0/s1. The maximum absolute atomic E-state index is 13.3. The Morgan fingerprint density at radius 1 is 1.10 bits per heavy atom. The molecule has 9 nitrogen and oxygen atoms in total. The number of thiazole rings is 1. The van der Waals surface area contributed by atoms with Crippen LogP contribution in [0.3, 0.4) is 0 Å². The molecule has 1 fully saturated rings. The Morgan fingerprint density at radius 2 is 1.74 bits per heavy atom. The van der Waals surface area contributed by atoms with Crippen LogP contribution < -0.4 is 10.6 Å². The van der Waals surface area contributed by atoms with Gasteiger partial charge in [-0.05, 0) is 50.3 Å². The van der Waals surface area contributed by atoms with Crippen LogP contribution in [0.25, 0.3) is 0 Å². The Hall–Kier alpha value is -2.79. The second-order valence-electron chi connectivity index (χ2n) is 10.9. The zero-order valence-corrected chi connectivity index (χ0v) is 24.7. The van der Waals surface area contributed by atoms with Gasteiger partial charge in [-0.2, -0.15) is 0 Å². The molecule has 1 saturated carbocycles. The number of unbranched alkanes of at least 4 members (excludes halogenated alkanes) is 1. The summed E-state index contributed by atoms with van der Waals surface area (Å²) in [7, 11) is -3.06. The molecule has 0 spiro atoms. The maximum atomic E-state index is 13.3. The molecule has 0 unspecified atom stereocenters. The predicted octanol–water partition coefficient (Wildman–Crippen LogP) is 4.71.